The summed E-state index contributed by atoms with van der Waals surface area (Å²) in [5, 5.41) is 7.41. The lowest BCUT2D eigenvalue weighted by atomic mass is 9.96. The van der Waals surface area contributed by atoms with Crippen molar-refractivity contribution in [3.05, 3.63) is 27.7 Å². The summed E-state index contributed by atoms with van der Waals surface area (Å²) >= 11 is 1.74. The van der Waals surface area contributed by atoms with Gasteiger partial charge in [0.15, 0.2) is 11.6 Å². The molecular formula is C16H25N5OS. The molecule has 2 aromatic heterocycles. The van der Waals surface area contributed by atoms with Gasteiger partial charge in [-0.15, -0.1) is 11.3 Å². The molecule has 2 aromatic rings. The Morgan fingerprint density at radius 2 is 2.26 bits per heavy atom. The van der Waals surface area contributed by atoms with Gasteiger partial charge < -0.3 is 4.74 Å². The van der Waals surface area contributed by atoms with Crippen LogP contribution in [0.2, 0.25) is 0 Å². The Bertz CT molecular complexity index is 645. The van der Waals surface area contributed by atoms with Crippen molar-refractivity contribution in [2.45, 2.75) is 45.6 Å². The molecule has 6 nitrogen and oxygen atoms in total. The van der Waals surface area contributed by atoms with Gasteiger partial charge in [0, 0.05) is 29.9 Å². The normalized spacial score (nSPS) is 20.1. The zero-order valence-electron chi connectivity index (χ0n) is 14.3. The minimum Gasteiger partial charge on any atom is -0.368 e. The van der Waals surface area contributed by atoms with Crippen LogP contribution in [0.15, 0.2) is 5.51 Å². The van der Waals surface area contributed by atoms with Crippen LogP contribution >= 0.6 is 11.3 Å². The maximum atomic E-state index is 5.90. The third-order valence-electron chi connectivity index (χ3n) is 4.13. The van der Waals surface area contributed by atoms with Gasteiger partial charge in [-0.2, -0.15) is 5.10 Å². The third kappa shape index (κ3) is 3.97. The number of ether oxygens (including phenoxy) is 1. The molecule has 1 aliphatic rings. The molecule has 0 unspecified atom stereocenters. The zero-order valence-corrected chi connectivity index (χ0v) is 15.1. The van der Waals surface area contributed by atoms with Gasteiger partial charge in [-0.05, 0) is 13.3 Å². The summed E-state index contributed by atoms with van der Waals surface area (Å²) in [6.07, 6.45) is 1.03. The molecule has 0 saturated carbocycles. The molecular weight excluding hydrogens is 310 g/mol. The van der Waals surface area contributed by atoms with E-state index in [2.05, 4.69) is 52.8 Å². The smallest absolute Gasteiger partial charge is 0.156 e. The lowest BCUT2D eigenvalue weighted by molar-refractivity contribution is -0.0337. The molecule has 23 heavy (non-hydrogen) atoms. The van der Waals surface area contributed by atoms with E-state index < -0.39 is 0 Å². The Hall–Kier alpha value is -1.31. The van der Waals surface area contributed by atoms with Crippen LogP contribution in [0.4, 0.5) is 0 Å². The first-order chi connectivity index (χ1) is 10.9. The highest BCUT2D eigenvalue weighted by Gasteiger charge is 2.27. The summed E-state index contributed by atoms with van der Waals surface area (Å²) in [4.78, 5) is 12.8. The highest BCUT2D eigenvalue weighted by atomic mass is 32.1. The monoisotopic (exact) mass is 335 g/mol. The van der Waals surface area contributed by atoms with Crippen LogP contribution in [-0.2, 0) is 16.6 Å². The molecule has 0 radical (unpaired) electrons. The predicted octanol–water partition coefficient (Wildman–Crippen LogP) is 2.48. The Labute approximate surface area is 141 Å². The van der Waals surface area contributed by atoms with E-state index in [1.54, 1.807) is 11.3 Å². The van der Waals surface area contributed by atoms with E-state index in [0.717, 1.165) is 50.0 Å². The fraction of sp³-hybridized carbons (Fsp3) is 0.688. The number of nitrogens with one attached hydrogen (secondary N) is 1. The summed E-state index contributed by atoms with van der Waals surface area (Å²) in [5.74, 6) is 1.68. The van der Waals surface area contributed by atoms with Crippen LogP contribution in [0, 0.1) is 6.92 Å². The number of thiazole rings is 1. The molecule has 0 bridgehead atoms. The quantitative estimate of drug-likeness (QED) is 0.930. The molecule has 1 fully saturated rings. The van der Waals surface area contributed by atoms with Crippen molar-refractivity contribution < 1.29 is 4.74 Å². The lowest BCUT2D eigenvalue weighted by Crippen LogP contribution is -2.39. The average molecular weight is 335 g/mol. The van der Waals surface area contributed by atoms with Crippen LogP contribution in [0.25, 0.3) is 0 Å². The maximum Gasteiger partial charge on any atom is 0.156 e. The van der Waals surface area contributed by atoms with E-state index in [1.165, 1.54) is 4.88 Å². The Balaban J connectivity index is 1.60. The second-order valence-corrected chi connectivity index (χ2v) is 8.00. The summed E-state index contributed by atoms with van der Waals surface area (Å²) in [6, 6.07) is 0. The molecule has 0 amide bonds. The molecule has 0 aromatic carbocycles. The van der Waals surface area contributed by atoms with E-state index in [4.69, 9.17) is 4.74 Å². The number of aryl methyl sites for hydroxylation is 1. The van der Waals surface area contributed by atoms with Crippen molar-refractivity contribution in [2.75, 3.05) is 26.2 Å². The van der Waals surface area contributed by atoms with E-state index in [9.17, 15) is 0 Å². The first-order valence-corrected chi connectivity index (χ1v) is 8.97. The Morgan fingerprint density at radius 1 is 1.43 bits per heavy atom. The van der Waals surface area contributed by atoms with Crippen molar-refractivity contribution in [3.63, 3.8) is 0 Å². The molecule has 7 heteroatoms. The van der Waals surface area contributed by atoms with Crippen molar-refractivity contribution in [1.82, 2.24) is 25.1 Å². The first-order valence-electron chi connectivity index (χ1n) is 8.09. The minimum absolute atomic E-state index is 0.0186. The zero-order chi connectivity index (χ0) is 16.4. The van der Waals surface area contributed by atoms with Gasteiger partial charge in [0.2, 0.25) is 0 Å². The topological polar surface area (TPSA) is 66.9 Å². The molecule has 126 valence electrons. The largest absolute Gasteiger partial charge is 0.368 e. The predicted molar refractivity (Wildman–Crippen MR) is 90.8 cm³/mol. The summed E-state index contributed by atoms with van der Waals surface area (Å²) in [7, 11) is 0. The van der Waals surface area contributed by atoms with E-state index in [1.807, 2.05) is 5.51 Å². The molecule has 1 saturated heterocycles. The van der Waals surface area contributed by atoms with Gasteiger partial charge in [0.1, 0.15) is 6.10 Å². The highest BCUT2D eigenvalue weighted by molar-refractivity contribution is 7.09. The second kappa shape index (κ2) is 6.67. The van der Waals surface area contributed by atoms with Crippen molar-refractivity contribution in [1.29, 1.82) is 0 Å². The number of aromatic nitrogens is 4. The van der Waals surface area contributed by atoms with Crippen LogP contribution in [0.3, 0.4) is 0 Å². The van der Waals surface area contributed by atoms with Crippen LogP contribution in [0.1, 0.15) is 49.1 Å². The van der Waals surface area contributed by atoms with Crippen LogP contribution < -0.4 is 0 Å². The van der Waals surface area contributed by atoms with Crippen molar-refractivity contribution in [2.24, 2.45) is 0 Å². The van der Waals surface area contributed by atoms with Crippen LogP contribution in [-0.4, -0.2) is 51.3 Å². The van der Waals surface area contributed by atoms with E-state index >= 15 is 0 Å². The molecule has 1 N–H and O–H groups in total. The van der Waals surface area contributed by atoms with Gasteiger partial charge in [-0.1, -0.05) is 20.8 Å². The molecule has 1 atom stereocenters. The second-order valence-electron chi connectivity index (χ2n) is 7.07. The summed E-state index contributed by atoms with van der Waals surface area (Å²) in [6.45, 7) is 12.0. The van der Waals surface area contributed by atoms with E-state index in [-0.39, 0.29) is 11.5 Å². The Kier molecular flexibility index (Phi) is 4.79. The first kappa shape index (κ1) is 16.5. The molecule has 0 spiro atoms. The summed E-state index contributed by atoms with van der Waals surface area (Å²) in [5.41, 5.74) is 3.03. The summed E-state index contributed by atoms with van der Waals surface area (Å²) < 4.78 is 5.90. The lowest BCUT2D eigenvalue weighted by Gasteiger charge is -2.31. The van der Waals surface area contributed by atoms with Crippen molar-refractivity contribution in [3.8, 4) is 0 Å². The highest BCUT2D eigenvalue weighted by Crippen LogP contribution is 2.23. The number of aromatic amines is 1. The standard InChI is InChI=1S/C16H25N5OS/c1-11-13(23-10-17-11)5-6-21-7-8-22-12(9-21)14-18-15(20-19-14)16(2,3)4/h10,12H,5-9H2,1-4H3,(H,18,19,20)/t12-/m1/s1. The minimum atomic E-state index is -0.0488. The fourth-order valence-electron chi connectivity index (χ4n) is 2.65. The van der Waals surface area contributed by atoms with Crippen LogP contribution in [0.5, 0.6) is 0 Å². The van der Waals surface area contributed by atoms with Gasteiger partial charge in [-0.3, -0.25) is 10.00 Å². The number of hydrogen-bond acceptors (Lipinski definition) is 6. The van der Waals surface area contributed by atoms with Gasteiger partial charge >= 0.3 is 0 Å². The van der Waals surface area contributed by atoms with Crippen molar-refractivity contribution >= 4 is 11.3 Å². The van der Waals surface area contributed by atoms with E-state index in [0.29, 0.717) is 0 Å². The Morgan fingerprint density at radius 3 is 2.91 bits per heavy atom. The maximum absolute atomic E-state index is 5.90. The molecule has 3 heterocycles. The fourth-order valence-corrected chi connectivity index (χ4v) is 3.42. The SMILES string of the molecule is Cc1ncsc1CCN1CCO[C@@H](c2nc(C(C)(C)C)n[nH]2)C1. The molecule has 0 aliphatic carbocycles. The van der Waals surface area contributed by atoms with Gasteiger partial charge in [-0.25, -0.2) is 9.97 Å². The number of nitrogens with zero attached hydrogens (tertiary/aromatic N) is 4. The molecule has 3 rings (SSSR count). The number of hydrogen-bond donors (Lipinski definition) is 1. The third-order valence-corrected chi connectivity index (χ3v) is 5.12. The average Bonchev–Trinajstić information content (AvgIpc) is 3.14. The number of morpholine rings is 1. The van der Waals surface area contributed by atoms with Gasteiger partial charge in [0.25, 0.3) is 0 Å². The van der Waals surface area contributed by atoms with Gasteiger partial charge in [0.05, 0.1) is 17.8 Å². The molecule has 1 aliphatic heterocycles. The number of H-pyrrole nitrogens is 1. The number of rotatable bonds is 4.